The SMILES string of the molecule is CCOc1ccc(Nc2nccc(C(=O)NCCc3cccc(Cl)c3)n2)cc1. The molecule has 0 aliphatic carbocycles. The minimum absolute atomic E-state index is 0.251. The van der Waals surface area contributed by atoms with Crippen LogP contribution in [0.4, 0.5) is 11.6 Å². The number of carbonyl (C=O) groups excluding carboxylic acids is 1. The van der Waals surface area contributed by atoms with Crippen molar-refractivity contribution >= 4 is 29.1 Å². The second kappa shape index (κ2) is 9.71. The summed E-state index contributed by atoms with van der Waals surface area (Å²) >= 11 is 5.97. The van der Waals surface area contributed by atoms with E-state index < -0.39 is 0 Å². The van der Waals surface area contributed by atoms with Crippen LogP contribution in [-0.2, 0) is 6.42 Å². The van der Waals surface area contributed by atoms with Crippen LogP contribution in [0.5, 0.6) is 5.75 Å². The van der Waals surface area contributed by atoms with E-state index in [1.165, 1.54) is 0 Å². The van der Waals surface area contributed by atoms with Crippen LogP contribution in [0.1, 0.15) is 23.0 Å². The maximum absolute atomic E-state index is 12.4. The molecule has 0 aliphatic heterocycles. The first kappa shape index (κ1) is 19.6. The van der Waals surface area contributed by atoms with E-state index in [0.29, 0.717) is 36.2 Å². The number of aromatic nitrogens is 2. The van der Waals surface area contributed by atoms with E-state index in [1.807, 2.05) is 55.5 Å². The molecule has 144 valence electrons. The van der Waals surface area contributed by atoms with Crippen LogP contribution in [-0.4, -0.2) is 29.0 Å². The maximum atomic E-state index is 12.4. The van der Waals surface area contributed by atoms with Crippen molar-refractivity contribution in [1.29, 1.82) is 0 Å². The maximum Gasteiger partial charge on any atom is 0.270 e. The average molecular weight is 397 g/mol. The van der Waals surface area contributed by atoms with Gasteiger partial charge in [0, 0.05) is 23.5 Å². The first-order valence-corrected chi connectivity index (χ1v) is 9.37. The number of benzene rings is 2. The zero-order valence-corrected chi connectivity index (χ0v) is 16.2. The lowest BCUT2D eigenvalue weighted by Crippen LogP contribution is -2.26. The molecule has 2 aromatic carbocycles. The molecule has 1 aromatic heterocycles. The van der Waals surface area contributed by atoms with Gasteiger partial charge in [-0.05, 0) is 61.4 Å². The zero-order chi connectivity index (χ0) is 19.8. The van der Waals surface area contributed by atoms with Gasteiger partial charge in [-0.3, -0.25) is 4.79 Å². The summed E-state index contributed by atoms with van der Waals surface area (Å²) in [4.78, 5) is 20.8. The summed E-state index contributed by atoms with van der Waals surface area (Å²) in [5.41, 5.74) is 2.17. The molecule has 0 saturated carbocycles. The van der Waals surface area contributed by atoms with Gasteiger partial charge >= 0.3 is 0 Å². The van der Waals surface area contributed by atoms with Gasteiger partial charge < -0.3 is 15.4 Å². The molecule has 7 heteroatoms. The van der Waals surface area contributed by atoms with Crippen molar-refractivity contribution in [3.05, 3.63) is 77.1 Å². The van der Waals surface area contributed by atoms with Gasteiger partial charge in [-0.1, -0.05) is 23.7 Å². The molecule has 1 heterocycles. The summed E-state index contributed by atoms with van der Waals surface area (Å²) in [6, 6.07) is 16.6. The first-order valence-electron chi connectivity index (χ1n) is 8.99. The Hall–Kier alpha value is -3.12. The minimum atomic E-state index is -0.251. The lowest BCUT2D eigenvalue weighted by Gasteiger charge is -2.08. The summed E-state index contributed by atoms with van der Waals surface area (Å²) < 4.78 is 5.42. The summed E-state index contributed by atoms with van der Waals surface area (Å²) in [7, 11) is 0. The smallest absolute Gasteiger partial charge is 0.270 e. The van der Waals surface area contributed by atoms with Crippen LogP contribution in [0.2, 0.25) is 5.02 Å². The molecule has 0 fully saturated rings. The monoisotopic (exact) mass is 396 g/mol. The van der Waals surface area contributed by atoms with Crippen molar-refractivity contribution in [2.24, 2.45) is 0 Å². The molecule has 0 bridgehead atoms. The molecular formula is C21H21ClN4O2. The van der Waals surface area contributed by atoms with Crippen LogP contribution in [0.3, 0.4) is 0 Å². The number of hydrogen-bond donors (Lipinski definition) is 2. The molecule has 0 unspecified atom stereocenters. The van der Waals surface area contributed by atoms with E-state index >= 15 is 0 Å². The Kier molecular flexibility index (Phi) is 6.81. The molecule has 3 rings (SSSR count). The number of rotatable bonds is 8. The number of carbonyl (C=O) groups is 1. The van der Waals surface area contributed by atoms with Crippen LogP contribution in [0, 0.1) is 0 Å². The molecule has 2 N–H and O–H groups in total. The Morgan fingerprint density at radius 2 is 1.96 bits per heavy atom. The molecular weight excluding hydrogens is 376 g/mol. The Morgan fingerprint density at radius 1 is 1.14 bits per heavy atom. The fourth-order valence-corrected chi connectivity index (χ4v) is 2.79. The van der Waals surface area contributed by atoms with Crippen LogP contribution in [0.25, 0.3) is 0 Å². The van der Waals surface area contributed by atoms with E-state index in [2.05, 4.69) is 20.6 Å². The van der Waals surface area contributed by atoms with Crippen LogP contribution in [0.15, 0.2) is 60.8 Å². The molecule has 28 heavy (non-hydrogen) atoms. The standard InChI is InChI=1S/C21H21ClN4O2/c1-2-28-18-8-6-17(7-9-18)25-21-24-13-11-19(26-21)20(27)23-12-10-15-4-3-5-16(22)14-15/h3-9,11,13-14H,2,10,12H2,1H3,(H,23,27)(H,24,25,26). The molecule has 0 radical (unpaired) electrons. The van der Waals surface area contributed by atoms with Gasteiger partial charge in [-0.2, -0.15) is 0 Å². The van der Waals surface area contributed by atoms with Crippen molar-refractivity contribution in [2.75, 3.05) is 18.5 Å². The van der Waals surface area contributed by atoms with Gasteiger partial charge in [0.2, 0.25) is 5.95 Å². The van der Waals surface area contributed by atoms with E-state index in [0.717, 1.165) is 17.0 Å². The van der Waals surface area contributed by atoms with Gasteiger partial charge in [-0.15, -0.1) is 0 Å². The molecule has 1 amide bonds. The van der Waals surface area contributed by atoms with Crippen molar-refractivity contribution < 1.29 is 9.53 Å². The van der Waals surface area contributed by atoms with E-state index in [1.54, 1.807) is 12.3 Å². The number of hydrogen-bond acceptors (Lipinski definition) is 5. The minimum Gasteiger partial charge on any atom is -0.494 e. The topological polar surface area (TPSA) is 76.1 Å². The van der Waals surface area contributed by atoms with Crippen molar-refractivity contribution in [3.63, 3.8) is 0 Å². The molecule has 6 nitrogen and oxygen atoms in total. The summed E-state index contributed by atoms with van der Waals surface area (Å²) in [6.45, 7) is 3.04. The Labute approximate surface area is 168 Å². The molecule has 0 aliphatic rings. The summed E-state index contributed by atoms with van der Waals surface area (Å²) in [5, 5.41) is 6.63. The molecule has 0 atom stereocenters. The lowest BCUT2D eigenvalue weighted by atomic mass is 10.1. The third-order valence-corrected chi connectivity index (χ3v) is 4.13. The zero-order valence-electron chi connectivity index (χ0n) is 15.5. The third-order valence-electron chi connectivity index (χ3n) is 3.90. The summed E-state index contributed by atoms with van der Waals surface area (Å²) in [5.74, 6) is 0.896. The fraction of sp³-hybridized carbons (Fsp3) is 0.190. The predicted octanol–water partition coefficient (Wildman–Crippen LogP) is 4.24. The van der Waals surface area contributed by atoms with Gasteiger partial charge in [0.05, 0.1) is 6.61 Å². The van der Waals surface area contributed by atoms with Gasteiger partial charge in [-0.25, -0.2) is 9.97 Å². The molecule has 3 aromatic rings. The number of halogens is 1. The van der Waals surface area contributed by atoms with Crippen molar-refractivity contribution in [2.45, 2.75) is 13.3 Å². The molecule has 0 saturated heterocycles. The van der Waals surface area contributed by atoms with E-state index in [4.69, 9.17) is 16.3 Å². The average Bonchev–Trinajstić information content (AvgIpc) is 2.70. The molecule has 0 spiro atoms. The Balaban J connectivity index is 1.56. The highest BCUT2D eigenvalue weighted by Gasteiger charge is 2.09. The predicted molar refractivity (Wildman–Crippen MR) is 110 cm³/mol. The fourth-order valence-electron chi connectivity index (χ4n) is 2.58. The van der Waals surface area contributed by atoms with E-state index in [9.17, 15) is 4.79 Å². The number of nitrogens with zero attached hydrogens (tertiary/aromatic N) is 2. The van der Waals surface area contributed by atoms with Gasteiger partial charge in [0.25, 0.3) is 5.91 Å². The van der Waals surface area contributed by atoms with Crippen molar-refractivity contribution in [1.82, 2.24) is 15.3 Å². The third kappa shape index (κ3) is 5.69. The van der Waals surface area contributed by atoms with Crippen LogP contribution >= 0.6 is 11.6 Å². The van der Waals surface area contributed by atoms with Gasteiger partial charge in [0.15, 0.2) is 0 Å². The highest BCUT2D eigenvalue weighted by Crippen LogP contribution is 2.18. The highest BCUT2D eigenvalue weighted by molar-refractivity contribution is 6.30. The first-order chi connectivity index (χ1) is 13.6. The Morgan fingerprint density at radius 3 is 2.71 bits per heavy atom. The van der Waals surface area contributed by atoms with Gasteiger partial charge in [0.1, 0.15) is 11.4 Å². The number of nitrogens with one attached hydrogen (secondary N) is 2. The van der Waals surface area contributed by atoms with Crippen LogP contribution < -0.4 is 15.4 Å². The second-order valence-electron chi connectivity index (χ2n) is 5.98. The van der Waals surface area contributed by atoms with Crippen molar-refractivity contribution in [3.8, 4) is 5.75 Å². The second-order valence-corrected chi connectivity index (χ2v) is 6.42. The highest BCUT2D eigenvalue weighted by atomic mass is 35.5. The van der Waals surface area contributed by atoms with E-state index in [-0.39, 0.29) is 5.91 Å². The normalized spacial score (nSPS) is 10.4. The number of anilines is 2. The lowest BCUT2D eigenvalue weighted by molar-refractivity contribution is 0.0949. The number of ether oxygens (including phenoxy) is 1. The largest absolute Gasteiger partial charge is 0.494 e. The summed E-state index contributed by atoms with van der Waals surface area (Å²) in [6.07, 6.45) is 2.24. The Bertz CT molecular complexity index is 932. The quantitative estimate of drug-likeness (QED) is 0.595. The number of amides is 1.